The van der Waals surface area contributed by atoms with E-state index in [1.165, 1.54) is 19.1 Å². The number of rotatable bonds is 5. The Morgan fingerprint density at radius 3 is 1.96 bits per heavy atom. The molecule has 0 radical (unpaired) electrons. The van der Waals surface area contributed by atoms with Crippen molar-refractivity contribution in [1.82, 2.24) is 4.31 Å². The van der Waals surface area contributed by atoms with Crippen molar-refractivity contribution in [2.75, 3.05) is 7.11 Å². The fraction of sp³-hybridized carbons (Fsp3) is 0.333. The summed E-state index contributed by atoms with van der Waals surface area (Å²) in [5.41, 5.74) is 2.11. The number of esters is 1. The predicted molar refractivity (Wildman–Crippen MR) is 103 cm³/mol. The lowest BCUT2D eigenvalue weighted by Gasteiger charge is -2.32. The molecule has 1 amide bonds. The van der Waals surface area contributed by atoms with Crippen molar-refractivity contribution >= 4 is 23.8 Å². The van der Waals surface area contributed by atoms with Crippen molar-refractivity contribution in [3.63, 3.8) is 0 Å². The molecule has 0 bridgehead atoms. The van der Waals surface area contributed by atoms with Crippen LogP contribution in [0.2, 0.25) is 0 Å². The van der Waals surface area contributed by atoms with Crippen LogP contribution in [-0.4, -0.2) is 29.3 Å². The second kappa shape index (κ2) is 7.54. The van der Waals surface area contributed by atoms with E-state index < -0.39 is 10.8 Å². The number of hydrogen-bond donors (Lipinski definition) is 0. The fourth-order valence-corrected chi connectivity index (χ4v) is 5.02. The summed E-state index contributed by atoms with van der Waals surface area (Å²) in [7, 11) is 1.37. The number of carbonyl (C=O) groups is 2. The van der Waals surface area contributed by atoms with E-state index >= 15 is 0 Å². The molecule has 2 aromatic carbocycles. The van der Waals surface area contributed by atoms with E-state index in [1.807, 2.05) is 74.5 Å². The van der Waals surface area contributed by atoms with Crippen molar-refractivity contribution in [2.45, 2.75) is 31.1 Å². The number of nitrogens with zero attached hydrogens (tertiary/aromatic N) is 1. The van der Waals surface area contributed by atoms with Gasteiger partial charge in [0.1, 0.15) is 6.04 Å². The molecule has 0 aromatic heterocycles. The molecule has 26 heavy (non-hydrogen) atoms. The maximum atomic E-state index is 13.0. The molecule has 0 spiro atoms. The first-order chi connectivity index (χ1) is 12.5. The van der Waals surface area contributed by atoms with E-state index in [0.29, 0.717) is 6.42 Å². The molecule has 2 aromatic rings. The fourth-order valence-electron chi connectivity index (χ4n) is 3.40. The molecule has 0 saturated carbocycles. The summed E-state index contributed by atoms with van der Waals surface area (Å²) in [5, 5.41) is 0. The molecule has 4 nitrogen and oxygen atoms in total. The number of hydrogen-bond acceptors (Lipinski definition) is 4. The summed E-state index contributed by atoms with van der Waals surface area (Å²) in [4.78, 5) is 25.3. The van der Waals surface area contributed by atoms with E-state index in [4.69, 9.17) is 4.74 Å². The Labute approximate surface area is 158 Å². The van der Waals surface area contributed by atoms with E-state index in [0.717, 1.165) is 11.1 Å². The normalized spacial score (nSPS) is 17.4. The minimum atomic E-state index is -0.605. The SMILES string of the molecule is COC(=O)C(C(C)C)N1SC(c2ccccc2)(c2ccccc2)CC1=O. The quantitative estimate of drug-likeness (QED) is 0.590. The van der Waals surface area contributed by atoms with Gasteiger partial charge < -0.3 is 4.74 Å². The Hall–Kier alpha value is -2.27. The third kappa shape index (κ3) is 3.23. The topological polar surface area (TPSA) is 46.6 Å². The van der Waals surface area contributed by atoms with E-state index in [9.17, 15) is 9.59 Å². The highest BCUT2D eigenvalue weighted by atomic mass is 32.2. The van der Waals surface area contributed by atoms with Gasteiger partial charge in [0.2, 0.25) is 5.91 Å². The minimum Gasteiger partial charge on any atom is -0.467 e. The molecule has 136 valence electrons. The molecule has 1 aliphatic rings. The lowest BCUT2D eigenvalue weighted by Crippen LogP contribution is -2.42. The number of ether oxygens (including phenoxy) is 1. The van der Waals surface area contributed by atoms with Gasteiger partial charge in [0.05, 0.1) is 18.3 Å². The summed E-state index contributed by atoms with van der Waals surface area (Å²) < 4.78 is 6.05. The van der Waals surface area contributed by atoms with E-state index in [2.05, 4.69) is 0 Å². The molecule has 5 heteroatoms. The summed E-state index contributed by atoms with van der Waals surface area (Å²) in [6, 6.07) is 19.4. The van der Waals surface area contributed by atoms with Gasteiger partial charge in [-0.25, -0.2) is 4.79 Å². The second-order valence-corrected chi connectivity index (χ2v) is 8.03. The van der Waals surface area contributed by atoms with Crippen LogP contribution < -0.4 is 0 Å². The monoisotopic (exact) mass is 369 g/mol. The summed E-state index contributed by atoms with van der Waals surface area (Å²) in [6.45, 7) is 3.86. The zero-order chi connectivity index (χ0) is 18.7. The standard InChI is InChI=1S/C21H23NO3S/c1-15(2)19(20(24)25-3)22-18(23)14-21(26-22,16-10-6-4-7-11-16)17-12-8-5-9-13-17/h4-13,15,19H,14H2,1-3H3. The molecule has 1 heterocycles. The van der Waals surface area contributed by atoms with Crippen LogP contribution in [0.3, 0.4) is 0 Å². The van der Waals surface area contributed by atoms with Gasteiger partial charge in [0.15, 0.2) is 0 Å². The Kier molecular flexibility index (Phi) is 5.37. The van der Waals surface area contributed by atoms with Gasteiger partial charge in [-0.3, -0.25) is 9.10 Å². The van der Waals surface area contributed by atoms with E-state index in [1.54, 1.807) is 4.31 Å². The minimum absolute atomic E-state index is 0.0405. The first kappa shape index (κ1) is 18.5. The van der Waals surface area contributed by atoms with Crippen LogP contribution >= 0.6 is 11.9 Å². The molecule has 1 aliphatic heterocycles. The Morgan fingerprint density at radius 1 is 1.04 bits per heavy atom. The molecule has 0 N–H and O–H groups in total. The van der Waals surface area contributed by atoms with Crippen LogP contribution in [0.25, 0.3) is 0 Å². The zero-order valence-corrected chi connectivity index (χ0v) is 16.0. The Bertz CT molecular complexity index is 737. The van der Waals surface area contributed by atoms with E-state index in [-0.39, 0.29) is 17.8 Å². The van der Waals surface area contributed by atoms with Crippen LogP contribution in [-0.2, 0) is 19.1 Å². The van der Waals surface area contributed by atoms with Gasteiger partial charge >= 0.3 is 5.97 Å². The lowest BCUT2D eigenvalue weighted by atomic mass is 9.87. The Balaban J connectivity index is 2.08. The lowest BCUT2D eigenvalue weighted by molar-refractivity contribution is -0.149. The van der Waals surface area contributed by atoms with Crippen molar-refractivity contribution in [3.8, 4) is 0 Å². The average Bonchev–Trinajstić information content (AvgIpc) is 3.01. The van der Waals surface area contributed by atoms with Crippen LogP contribution in [0.5, 0.6) is 0 Å². The predicted octanol–water partition coefficient (Wildman–Crippen LogP) is 4.01. The molecule has 1 saturated heterocycles. The molecule has 1 unspecified atom stereocenters. The number of methoxy groups -OCH3 is 1. The van der Waals surface area contributed by atoms with Gasteiger partial charge in [-0.1, -0.05) is 74.5 Å². The van der Waals surface area contributed by atoms with Gasteiger partial charge in [0.25, 0.3) is 0 Å². The largest absolute Gasteiger partial charge is 0.467 e. The molecule has 1 fully saturated rings. The van der Waals surface area contributed by atoms with Gasteiger partial charge in [-0.15, -0.1) is 0 Å². The highest BCUT2D eigenvalue weighted by molar-refractivity contribution is 7.99. The van der Waals surface area contributed by atoms with Crippen LogP contribution in [0.4, 0.5) is 0 Å². The smallest absolute Gasteiger partial charge is 0.329 e. The first-order valence-electron chi connectivity index (χ1n) is 8.69. The maximum absolute atomic E-state index is 13.0. The number of carbonyl (C=O) groups excluding carboxylic acids is 2. The highest BCUT2D eigenvalue weighted by Crippen LogP contribution is 2.53. The second-order valence-electron chi connectivity index (χ2n) is 6.76. The van der Waals surface area contributed by atoms with Crippen LogP contribution in [0.15, 0.2) is 60.7 Å². The maximum Gasteiger partial charge on any atom is 0.329 e. The summed E-state index contributed by atoms with van der Waals surface area (Å²) >= 11 is 1.44. The van der Waals surface area contributed by atoms with Gasteiger partial charge in [-0.05, 0) is 29.0 Å². The molecule has 3 rings (SSSR count). The molecular formula is C21H23NO3S. The van der Waals surface area contributed by atoms with Crippen LogP contribution in [0, 0.1) is 5.92 Å². The average molecular weight is 369 g/mol. The third-order valence-electron chi connectivity index (χ3n) is 4.71. The number of amides is 1. The summed E-state index contributed by atoms with van der Waals surface area (Å²) in [6.07, 6.45) is 0.311. The van der Waals surface area contributed by atoms with Gasteiger partial charge in [-0.2, -0.15) is 0 Å². The number of benzene rings is 2. The highest BCUT2D eigenvalue weighted by Gasteiger charge is 2.51. The van der Waals surface area contributed by atoms with Crippen molar-refractivity contribution < 1.29 is 14.3 Å². The summed E-state index contributed by atoms with van der Waals surface area (Å²) in [5.74, 6) is -0.467. The molecule has 0 aliphatic carbocycles. The third-order valence-corrected chi connectivity index (χ3v) is 6.26. The molecular weight excluding hydrogens is 346 g/mol. The zero-order valence-electron chi connectivity index (χ0n) is 15.2. The van der Waals surface area contributed by atoms with Crippen LogP contribution in [0.1, 0.15) is 31.4 Å². The van der Waals surface area contributed by atoms with Crippen molar-refractivity contribution in [3.05, 3.63) is 71.8 Å². The van der Waals surface area contributed by atoms with Crippen molar-refractivity contribution in [2.24, 2.45) is 5.92 Å². The van der Waals surface area contributed by atoms with Gasteiger partial charge in [0, 0.05) is 0 Å². The van der Waals surface area contributed by atoms with Crippen molar-refractivity contribution in [1.29, 1.82) is 0 Å². The Morgan fingerprint density at radius 2 is 1.54 bits per heavy atom. The first-order valence-corrected chi connectivity index (χ1v) is 9.47. The molecule has 1 atom stereocenters.